The van der Waals surface area contributed by atoms with Crippen molar-refractivity contribution in [3.63, 3.8) is 0 Å². The molecule has 2 rings (SSSR count). The summed E-state index contributed by atoms with van der Waals surface area (Å²) in [6, 6.07) is 10.7. The topological polar surface area (TPSA) is 84.2 Å². The highest BCUT2D eigenvalue weighted by atomic mass is 16.5. The molecule has 0 saturated heterocycles. The fourth-order valence-electron chi connectivity index (χ4n) is 1.94. The standard InChI is InChI=1S/C16H19N3O3/c1-11-10-14(19-22-11)18-16(21)12(2)17-15(20)9-8-13-6-4-3-5-7-13/h3-7,10,12H,8-9H2,1-2H3,(H,17,20)(H,18,19,21)/t12-/m1/s1. The average Bonchev–Trinajstić information content (AvgIpc) is 2.91. The molecule has 0 aliphatic rings. The number of aromatic nitrogens is 1. The summed E-state index contributed by atoms with van der Waals surface area (Å²) in [6.45, 7) is 3.36. The van der Waals surface area contributed by atoms with Gasteiger partial charge >= 0.3 is 0 Å². The lowest BCUT2D eigenvalue weighted by Gasteiger charge is -2.12. The molecule has 0 unspecified atom stereocenters. The summed E-state index contributed by atoms with van der Waals surface area (Å²) in [4.78, 5) is 23.8. The van der Waals surface area contributed by atoms with E-state index in [4.69, 9.17) is 4.52 Å². The quantitative estimate of drug-likeness (QED) is 0.855. The molecule has 0 saturated carbocycles. The molecule has 6 heteroatoms. The van der Waals surface area contributed by atoms with E-state index in [0.29, 0.717) is 24.4 Å². The van der Waals surface area contributed by atoms with Gasteiger partial charge in [-0.05, 0) is 25.8 Å². The van der Waals surface area contributed by atoms with Crippen molar-refractivity contribution in [3.8, 4) is 0 Å². The highest BCUT2D eigenvalue weighted by molar-refractivity contribution is 5.96. The molecule has 2 N–H and O–H groups in total. The lowest BCUT2D eigenvalue weighted by Crippen LogP contribution is -2.41. The van der Waals surface area contributed by atoms with Gasteiger partial charge in [0.05, 0.1) is 0 Å². The van der Waals surface area contributed by atoms with Crippen LogP contribution < -0.4 is 10.6 Å². The molecule has 1 aromatic heterocycles. The second-order valence-corrected chi connectivity index (χ2v) is 5.09. The van der Waals surface area contributed by atoms with E-state index < -0.39 is 6.04 Å². The van der Waals surface area contributed by atoms with Crippen LogP contribution in [0.25, 0.3) is 0 Å². The molecule has 1 atom stereocenters. The number of benzene rings is 1. The molecule has 0 aliphatic heterocycles. The Labute approximate surface area is 128 Å². The highest BCUT2D eigenvalue weighted by Gasteiger charge is 2.16. The second kappa shape index (κ2) is 7.40. The number of carbonyl (C=O) groups is 2. The Hall–Kier alpha value is -2.63. The third-order valence-corrected chi connectivity index (χ3v) is 3.13. The number of rotatable bonds is 6. The predicted molar refractivity (Wildman–Crippen MR) is 82.2 cm³/mol. The summed E-state index contributed by atoms with van der Waals surface area (Å²) < 4.78 is 4.86. The van der Waals surface area contributed by atoms with Gasteiger partial charge in [-0.3, -0.25) is 9.59 Å². The predicted octanol–water partition coefficient (Wildman–Crippen LogP) is 2.06. The van der Waals surface area contributed by atoms with Crippen molar-refractivity contribution < 1.29 is 14.1 Å². The Morgan fingerprint density at radius 1 is 1.27 bits per heavy atom. The number of nitrogens with one attached hydrogen (secondary N) is 2. The van der Waals surface area contributed by atoms with Crippen LogP contribution in [0.2, 0.25) is 0 Å². The molecule has 22 heavy (non-hydrogen) atoms. The summed E-state index contributed by atoms with van der Waals surface area (Å²) in [5.74, 6) is 0.451. The van der Waals surface area contributed by atoms with Gasteiger partial charge in [-0.25, -0.2) is 0 Å². The molecule has 2 amide bonds. The first-order chi connectivity index (χ1) is 10.5. The van der Waals surface area contributed by atoms with E-state index in [2.05, 4.69) is 15.8 Å². The molecule has 1 aromatic carbocycles. The van der Waals surface area contributed by atoms with E-state index >= 15 is 0 Å². The van der Waals surface area contributed by atoms with Crippen molar-refractivity contribution in [1.82, 2.24) is 10.5 Å². The Bertz CT molecular complexity index is 637. The van der Waals surface area contributed by atoms with Crippen LogP contribution in [0.5, 0.6) is 0 Å². The van der Waals surface area contributed by atoms with Gasteiger partial charge in [0.15, 0.2) is 5.82 Å². The Morgan fingerprint density at radius 3 is 2.64 bits per heavy atom. The first-order valence-corrected chi connectivity index (χ1v) is 7.12. The molecule has 2 aromatic rings. The molecular formula is C16H19N3O3. The fraction of sp³-hybridized carbons (Fsp3) is 0.312. The van der Waals surface area contributed by atoms with Gasteiger partial charge in [0.1, 0.15) is 11.8 Å². The van der Waals surface area contributed by atoms with Crippen molar-refractivity contribution in [2.75, 3.05) is 5.32 Å². The van der Waals surface area contributed by atoms with Gasteiger partial charge in [0, 0.05) is 12.5 Å². The molecule has 0 bridgehead atoms. The Morgan fingerprint density at radius 2 is 2.00 bits per heavy atom. The highest BCUT2D eigenvalue weighted by Crippen LogP contribution is 2.07. The summed E-state index contributed by atoms with van der Waals surface area (Å²) in [5.41, 5.74) is 1.09. The summed E-state index contributed by atoms with van der Waals surface area (Å²) in [7, 11) is 0. The first kappa shape index (κ1) is 15.8. The zero-order chi connectivity index (χ0) is 15.9. The lowest BCUT2D eigenvalue weighted by molar-refractivity contribution is -0.126. The van der Waals surface area contributed by atoms with Crippen molar-refractivity contribution in [2.24, 2.45) is 0 Å². The maximum Gasteiger partial charge on any atom is 0.247 e. The molecule has 6 nitrogen and oxygen atoms in total. The van der Waals surface area contributed by atoms with Crippen LogP contribution in [0.15, 0.2) is 40.9 Å². The van der Waals surface area contributed by atoms with E-state index in [1.165, 1.54) is 0 Å². The lowest BCUT2D eigenvalue weighted by atomic mass is 10.1. The van der Waals surface area contributed by atoms with E-state index in [1.807, 2.05) is 30.3 Å². The van der Waals surface area contributed by atoms with Gasteiger partial charge in [-0.15, -0.1) is 0 Å². The normalized spacial score (nSPS) is 11.7. The number of hydrogen-bond donors (Lipinski definition) is 2. The van der Waals surface area contributed by atoms with Crippen LogP contribution in [0.3, 0.4) is 0 Å². The summed E-state index contributed by atoms with van der Waals surface area (Å²) >= 11 is 0. The SMILES string of the molecule is Cc1cc(NC(=O)[C@@H](C)NC(=O)CCc2ccccc2)no1. The van der Waals surface area contributed by atoms with Gasteiger partial charge < -0.3 is 15.2 Å². The molecule has 1 heterocycles. The maximum atomic E-state index is 11.9. The van der Waals surface area contributed by atoms with E-state index in [0.717, 1.165) is 5.56 Å². The van der Waals surface area contributed by atoms with Gasteiger partial charge in [0.2, 0.25) is 11.8 Å². The number of hydrogen-bond acceptors (Lipinski definition) is 4. The number of nitrogens with zero attached hydrogens (tertiary/aromatic N) is 1. The average molecular weight is 301 g/mol. The molecule has 0 fully saturated rings. The first-order valence-electron chi connectivity index (χ1n) is 7.12. The summed E-state index contributed by atoms with van der Waals surface area (Å²) in [6.07, 6.45) is 0.980. The van der Waals surface area contributed by atoms with Crippen molar-refractivity contribution in [1.29, 1.82) is 0 Å². The van der Waals surface area contributed by atoms with Gasteiger partial charge in [0.25, 0.3) is 0 Å². The van der Waals surface area contributed by atoms with Crippen LogP contribution in [0, 0.1) is 6.92 Å². The number of aryl methyl sites for hydroxylation is 2. The van der Waals surface area contributed by atoms with Crippen LogP contribution in [0.4, 0.5) is 5.82 Å². The minimum atomic E-state index is -0.639. The number of carbonyl (C=O) groups excluding carboxylic acids is 2. The minimum Gasteiger partial charge on any atom is -0.360 e. The largest absolute Gasteiger partial charge is 0.360 e. The minimum absolute atomic E-state index is 0.164. The maximum absolute atomic E-state index is 11.9. The number of amides is 2. The third kappa shape index (κ3) is 4.73. The molecule has 116 valence electrons. The Balaban J connectivity index is 1.76. The van der Waals surface area contributed by atoms with E-state index in [9.17, 15) is 9.59 Å². The fourth-order valence-corrected chi connectivity index (χ4v) is 1.94. The Kier molecular flexibility index (Phi) is 5.30. The van der Waals surface area contributed by atoms with Crippen molar-refractivity contribution in [3.05, 3.63) is 47.7 Å². The molecule has 0 spiro atoms. The van der Waals surface area contributed by atoms with Gasteiger partial charge in [-0.2, -0.15) is 0 Å². The molecule has 0 radical (unpaired) electrons. The summed E-state index contributed by atoms with van der Waals surface area (Å²) in [5, 5.41) is 8.92. The number of anilines is 1. The van der Waals surface area contributed by atoms with Crippen molar-refractivity contribution in [2.45, 2.75) is 32.7 Å². The molecule has 0 aliphatic carbocycles. The van der Waals surface area contributed by atoms with E-state index in [1.54, 1.807) is 19.9 Å². The smallest absolute Gasteiger partial charge is 0.247 e. The van der Waals surface area contributed by atoms with Crippen molar-refractivity contribution >= 4 is 17.6 Å². The van der Waals surface area contributed by atoms with Crippen LogP contribution in [0.1, 0.15) is 24.7 Å². The second-order valence-electron chi connectivity index (χ2n) is 5.09. The van der Waals surface area contributed by atoms with E-state index in [-0.39, 0.29) is 11.8 Å². The monoisotopic (exact) mass is 301 g/mol. The molecular weight excluding hydrogens is 282 g/mol. The van der Waals surface area contributed by atoms with Crippen LogP contribution in [-0.4, -0.2) is 23.0 Å². The zero-order valence-electron chi connectivity index (χ0n) is 12.6. The zero-order valence-corrected chi connectivity index (χ0v) is 12.6. The van der Waals surface area contributed by atoms with Crippen LogP contribution >= 0.6 is 0 Å². The third-order valence-electron chi connectivity index (χ3n) is 3.13. The van der Waals surface area contributed by atoms with Gasteiger partial charge in [-0.1, -0.05) is 35.5 Å². The van der Waals surface area contributed by atoms with Crippen LogP contribution in [-0.2, 0) is 16.0 Å².